The zero-order valence-corrected chi connectivity index (χ0v) is 14.8. The molecule has 3 aromatic rings. The van der Waals surface area contributed by atoms with Crippen molar-refractivity contribution in [2.24, 2.45) is 0 Å². The van der Waals surface area contributed by atoms with Gasteiger partial charge in [0.1, 0.15) is 12.4 Å². The Balaban J connectivity index is 1.88. The van der Waals surface area contributed by atoms with Gasteiger partial charge >= 0.3 is 0 Å². The van der Waals surface area contributed by atoms with Crippen LogP contribution in [0.5, 0.6) is 5.75 Å². The summed E-state index contributed by atoms with van der Waals surface area (Å²) in [7, 11) is 0. The van der Waals surface area contributed by atoms with E-state index in [-0.39, 0.29) is 0 Å². The van der Waals surface area contributed by atoms with Crippen LogP contribution in [0.3, 0.4) is 0 Å². The molecule has 0 saturated carbocycles. The van der Waals surface area contributed by atoms with Gasteiger partial charge in [0.05, 0.1) is 5.02 Å². The quantitative estimate of drug-likeness (QED) is 0.443. The highest BCUT2D eigenvalue weighted by Gasteiger charge is 2.11. The maximum Gasteiger partial charge on any atom is 0.142 e. The van der Waals surface area contributed by atoms with E-state index in [1.807, 2.05) is 18.2 Å². The Morgan fingerprint density at radius 2 is 1.90 bits per heavy atom. The summed E-state index contributed by atoms with van der Waals surface area (Å²) in [5, 5.41) is 5.15. The van der Waals surface area contributed by atoms with Crippen molar-refractivity contribution in [1.29, 1.82) is 0 Å². The topological polar surface area (TPSA) is 9.23 Å². The van der Waals surface area contributed by atoms with E-state index in [2.05, 4.69) is 33.4 Å². The van der Waals surface area contributed by atoms with Gasteiger partial charge in [-0.15, -0.1) is 11.3 Å². The van der Waals surface area contributed by atoms with E-state index in [1.165, 1.54) is 15.6 Å². The van der Waals surface area contributed by atoms with Crippen molar-refractivity contribution in [3.05, 3.63) is 63.0 Å². The number of ether oxygens (including phenoxy) is 1. The molecule has 0 atom stereocenters. The SMILES string of the molecule is Clc1cc(Cl)c(OCc2csc3ccccc23)c(CBr)c1. The van der Waals surface area contributed by atoms with Crippen molar-refractivity contribution < 1.29 is 4.74 Å². The van der Waals surface area contributed by atoms with E-state index >= 15 is 0 Å². The molecule has 1 aromatic heterocycles. The lowest BCUT2D eigenvalue weighted by molar-refractivity contribution is 0.306. The zero-order valence-electron chi connectivity index (χ0n) is 10.9. The summed E-state index contributed by atoms with van der Waals surface area (Å²) in [5.74, 6) is 0.688. The monoisotopic (exact) mass is 400 g/mol. The van der Waals surface area contributed by atoms with E-state index in [1.54, 1.807) is 17.4 Å². The summed E-state index contributed by atoms with van der Waals surface area (Å²) in [4.78, 5) is 0. The minimum Gasteiger partial charge on any atom is -0.487 e. The highest BCUT2D eigenvalue weighted by atomic mass is 79.9. The molecular weight excluding hydrogens is 391 g/mol. The van der Waals surface area contributed by atoms with Crippen LogP contribution in [0.4, 0.5) is 0 Å². The molecule has 0 radical (unpaired) electrons. The molecule has 0 bridgehead atoms. The number of fused-ring (bicyclic) bond motifs is 1. The number of alkyl halides is 1. The fourth-order valence-corrected chi connectivity index (χ4v) is 4.12. The molecule has 2 aromatic carbocycles. The van der Waals surface area contributed by atoms with E-state index in [0.717, 1.165) is 5.56 Å². The lowest BCUT2D eigenvalue weighted by Gasteiger charge is -2.12. The van der Waals surface area contributed by atoms with Crippen LogP contribution >= 0.6 is 50.5 Å². The highest BCUT2D eigenvalue weighted by molar-refractivity contribution is 9.08. The molecule has 0 N–H and O–H groups in total. The summed E-state index contributed by atoms with van der Waals surface area (Å²) in [5.41, 5.74) is 2.12. The van der Waals surface area contributed by atoms with Crippen molar-refractivity contribution in [2.45, 2.75) is 11.9 Å². The standard InChI is InChI=1S/C16H11BrCl2OS/c17-7-10-5-12(18)6-14(19)16(10)20-8-11-9-21-15-4-2-1-3-13(11)15/h1-6,9H,7-8H2. The zero-order chi connectivity index (χ0) is 14.8. The van der Waals surface area contributed by atoms with Gasteiger partial charge in [0.25, 0.3) is 0 Å². The number of thiophene rings is 1. The largest absolute Gasteiger partial charge is 0.487 e. The summed E-state index contributed by atoms with van der Waals surface area (Å²) < 4.78 is 7.22. The van der Waals surface area contributed by atoms with Crippen LogP contribution < -0.4 is 4.74 Å². The molecule has 21 heavy (non-hydrogen) atoms. The number of hydrogen-bond donors (Lipinski definition) is 0. The molecule has 0 aliphatic heterocycles. The van der Waals surface area contributed by atoms with E-state index in [0.29, 0.717) is 27.7 Å². The summed E-state index contributed by atoms with van der Waals surface area (Å²) >= 11 is 17.4. The molecule has 0 spiro atoms. The number of hydrogen-bond acceptors (Lipinski definition) is 2. The van der Waals surface area contributed by atoms with Gasteiger partial charge in [-0.05, 0) is 29.0 Å². The molecular formula is C16H11BrCl2OS. The third kappa shape index (κ3) is 3.21. The van der Waals surface area contributed by atoms with Crippen molar-refractivity contribution in [3.8, 4) is 5.75 Å². The molecule has 3 rings (SSSR count). The lowest BCUT2D eigenvalue weighted by Crippen LogP contribution is -1.98. The third-order valence-electron chi connectivity index (χ3n) is 3.16. The predicted octanol–water partition coefficient (Wildman–Crippen LogP) is 6.68. The van der Waals surface area contributed by atoms with Crippen LogP contribution in [-0.2, 0) is 11.9 Å². The van der Waals surface area contributed by atoms with Gasteiger partial charge in [0.2, 0.25) is 0 Å². The van der Waals surface area contributed by atoms with Crippen molar-refractivity contribution in [3.63, 3.8) is 0 Å². The lowest BCUT2D eigenvalue weighted by atomic mass is 10.2. The second-order valence-electron chi connectivity index (χ2n) is 4.56. The number of halogens is 3. The molecule has 0 amide bonds. The Bertz CT molecular complexity index is 785. The van der Waals surface area contributed by atoms with Gasteiger partial charge < -0.3 is 4.74 Å². The Hall–Kier alpha value is -0.740. The van der Waals surface area contributed by atoms with Gasteiger partial charge in [-0.25, -0.2) is 0 Å². The van der Waals surface area contributed by atoms with Gasteiger partial charge in [-0.1, -0.05) is 57.3 Å². The molecule has 0 unspecified atom stereocenters. The predicted molar refractivity (Wildman–Crippen MR) is 95.3 cm³/mol. The first-order chi connectivity index (χ1) is 10.2. The Morgan fingerprint density at radius 1 is 1.10 bits per heavy atom. The fourth-order valence-electron chi connectivity index (χ4n) is 2.17. The summed E-state index contributed by atoms with van der Waals surface area (Å²) in [6.07, 6.45) is 0. The van der Waals surface area contributed by atoms with Crippen LogP contribution in [0.25, 0.3) is 10.1 Å². The first-order valence-corrected chi connectivity index (χ1v) is 9.06. The second kappa shape index (κ2) is 6.57. The first-order valence-electron chi connectivity index (χ1n) is 6.31. The van der Waals surface area contributed by atoms with Crippen LogP contribution in [0.15, 0.2) is 41.8 Å². The molecule has 1 nitrogen and oxygen atoms in total. The Labute approximate surface area is 145 Å². The van der Waals surface area contributed by atoms with Gasteiger partial charge in [-0.2, -0.15) is 0 Å². The van der Waals surface area contributed by atoms with Crippen molar-refractivity contribution in [1.82, 2.24) is 0 Å². The van der Waals surface area contributed by atoms with Crippen molar-refractivity contribution in [2.75, 3.05) is 0 Å². The van der Waals surface area contributed by atoms with Crippen LogP contribution in [-0.4, -0.2) is 0 Å². The van der Waals surface area contributed by atoms with Crippen LogP contribution in [0, 0.1) is 0 Å². The average Bonchev–Trinajstić information content (AvgIpc) is 2.89. The minimum atomic E-state index is 0.491. The molecule has 0 aliphatic rings. The molecule has 0 fully saturated rings. The molecule has 0 aliphatic carbocycles. The number of rotatable bonds is 4. The smallest absolute Gasteiger partial charge is 0.142 e. The minimum absolute atomic E-state index is 0.491. The fraction of sp³-hybridized carbons (Fsp3) is 0.125. The molecule has 0 saturated heterocycles. The Morgan fingerprint density at radius 3 is 2.71 bits per heavy atom. The van der Waals surface area contributed by atoms with E-state index in [4.69, 9.17) is 27.9 Å². The van der Waals surface area contributed by atoms with Gasteiger partial charge in [0.15, 0.2) is 0 Å². The average molecular weight is 402 g/mol. The first kappa shape index (κ1) is 15.2. The summed E-state index contributed by atoms with van der Waals surface area (Å²) in [6.45, 7) is 0.491. The second-order valence-corrected chi connectivity index (χ2v) is 6.87. The summed E-state index contributed by atoms with van der Waals surface area (Å²) in [6, 6.07) is 11.9. The number of benzene rings is 2. The van der Waals surface area contributed by atoms with E-state index in [9.17, 15) is 0 Å². The molecule has 108 valence electrons. The Kier molecular flexibility index (Phi) is 4.75. The maximum atomic E-state index is 6.24. The normalized spacial score (nSPS) is 11.0. The van der Waals surface area contributed by atoms with Crippen molar-refractivity contribution >= 4 is 60.6 Å². The highest BCUT2D eigenvalue weighted by Crippen LogP contribution is 2.35. The van der Waals surface area contributed by atoms with Gasteiger partial charge in [-0.3, -0.25) is 0 Å². The van der Waals surface area contributed by atoms with E-state index < -0.39 is 0 Å². The molecule has 1 heterocycles. The van der Waals surface area contributed by atoms with Crippen LogP contribution in [0.1, 0.15) is 11.1 Å². The van der Waals surface area contributed by atoms with Gasteiger partial charge in [0, 0.05) is 26.2 Å². The molecule has 5 heteroatoms. The third-order valence-corrected chi connectivity index (χ3v) is 5.28. The van der Waals surface area contributed by atoms with Crippen LogP contribution in [0.2, 0.25) is 10.0 Å². The maximum absolute atomic E-state index is 6.24.